The van der Waals surface area contributed by atoms with Gasteiger partial charge in [0.05, 0.1) is 18.8 Å². The highest BCUT2D eigenvalue weighted by Crippen LogP contribution is 2.02. The van der Waals surface area contributed by atoms with Crippen molar-refractivity contribution in [3.63, 3.8) is 0 Å². The van der Waals surface area contributed by atoms with Crippen LogP contribution in [-0.2, 0) is 9.53 Å². The summed E-state index contributed by atoms with van der Waals surface area (Å²) in [6, 6.07) is -0.0807. The lowest BCUT2D eigenvalue weighted by Gasteiger charge is -2.26. The SMILES string of the molecule is CCC1CNC(C=O)CO1. The Labute approximate surface area is 60.7 Å². The molecule has 1 saturated heterocycles. The van der Waals surface area contributed by atoms with Gasteiger partial charge in [-0.15, -0.1) is 0 Å². The number of rotatable bonds is 2. The van der Waals surface area contributed by atoms with Crippen LogP contribution in [0.2, 0.25) is 0 Å². The predicted molar refractivity (Wildman–Crippen MR) is 37.9 cm³/mol. The summed E-state index contributed by atoms with van der Waals surface area (Å²) in [5, 5.41) is 3.08. The lowest BCUT2D eigenvalue weighted by atomic mass is 10.2. The van der Waals surface area contributed by atoms with Gasteiger partial charge in [0.25, 0.3) is 0 Å². The van der Waals surface area contributed by atoms with E-state index >= 15 is 0 Å². The number of nitrogens with one attached hydrogen (secondary N) is 1. The summed E-state index contributed by atoms with van der Waals surface area (Å²) in [5.74, 6) is 0. The van der Waals surface area contributed by atoms with Crippen molar-refractivity contribution in [3.05, 3.63) is 0 Å². The zero-order valence-corrected chi connectivity index (χ0v) is 6.17. The van der Waals surface area contributed by atoms with E-state index in [1.807, 2.05) is 0 Å². The average molecular weight is 143 g/mol. The van der Waals surface area contributed by atoms with Crippen LogP contribution < -0.4 is 5.32 Å². The third-order valence-electron chi connectivity index (χ3n) is 1.74. The molecule has 3 heteroatoms. The second kappa shape index (κ2) is 3.68. The molecule has 2 unspecified atom stereocenters. The highest BCUT2D eigenvalue weighted by atomic mass is 16.5. The third-order valence-corrected chi connectivity index (χ3v) is 1.74. The van der Waals surface area contributed by atoms with Gasteiger partial charge in [-0.1, -0.05) is 6.92 Å². The Hall–Kier alpha value is -0.410. The van der Waals surface area contributed by atoms with E-state index in [0.717, 1.165) is 19.3 Å². The molecule has 0 aromatic carbocycles. The lowest BCUT2D eigenvalue weighted by molar-refractivity contribution is -0.113. The van der Waals surface area contributed by atoms with Crippen molar-refractivity contribution in [2.75, 3.05) is 13.2 Å². The Morgan fingerprint density at radius 1 is 1.80 bits per heavy atom. The van der Waals surface area contributed by atoms with Gasteiger partial charge in [0, 0.05) is 6.54 Å². The first-order chi connectivity index (χ1) is 4.86. The molecule has 58 valence electrons. The van der Waals surface area contributed by atoms with E-state index in [2.05, 4.69) is 12.2 Å². The molecule has 0 spiro atoms. The van der Waals surface area contributed by atoms with Gasteiger partial charge in [-0.25, -0.2) is 0 Å². The summed E-state index contributed by atoms with van der Waals surface area (Å²) in [5.41, 5.74) is 0. The number of ether oxygens (including phenoxy) is 1. The summed E-state index contributed by atoms with van der Waals surface area (Å²) in [7, 11) is 0. The van der Waals surface area contributed by atoms with E-state index in [9.17, 15) is 4.79 Å². The quantitative estimate of drug-likeness (QED) is 0.551. The second-order valence-electron chi connectivity index (χ2n) is 2.51. The van der Waals surface area contributed by atoms with E-state index < -0.39 is 0 Å². The highest BCUT2D eigenvalue weighted by molar-refractivity contribution is 5.57. The molecule has 1 aliphatic rings. The van der Waals surface area contributed by atoms with Crippen molar-refractivity contribution in [1.82, 2.24) is 5.32 Å². The topological polar surface area (TPSA) is 38.3 Å². The second-order valence-corrected chi connectivity index (χ2v) is 2.51. The molecule has 1 rings (SSSR count). The first-order valence-corrected chi connectivity index (χ1v) is 3.67. The Balaban J connectivity index is 2.23. The highest BCUT2D eigenvalue weighted by Gasteiger charge is 2.18. The molecular weight excluding hydrogens is 130 g/mol. The maximum atomic E-state index is 10.2. The maximum Gasteiger partial charge on any atom is 0.139 e. The summed E-state index contributed by atoms with van der Waals surface area (Å²) >= 11 is 0. The van der Waals surface area contributed by atoms with E-state index in [-0.39, 0.29) is 6.04 Å². The lowest BCUT2D eigenvalue weighted by Crippen LogP contribution is -2.46. The van der Waals surface area contributed by atoms with Gasteiger partial charge in [0.1, 0.15) is 6.29 Å². The standard InChI is InChI=1S/C7H13NO2/c1-2-7-3-8-6(4-9)5-10-7/h4,6-8H,2-3,5H2,1H3. The fraction of sp³-hybridized carbons (Fsp3) is 0.857. The number of hydrogen-bond acceptors (Lipinski definition) is 3. The molecule has 0 aromatic heterocycles. The molecule has 1 N–H and O–H groups in total. The van der Waals surface area contributed by atoms with E-state index in [1.165, 1.54) is 0 Å². The Kier molecular flexibility index (Phi) is 2.83. The maximum absolute atomic E-state index is 10.2. The Bertz CT molecular complexity index is 108. The Morgan fingerprint density at radius 3 is 3.00 bits per heavy atom. The van der Waals surface area contributed by atoms with Crippen LogP contribution in [0.25, 0.3) is 0 Å². The van der Waals surface area contributed by atoms with Crippen molar-refractivity contribution in [2.24, 2.45) is 0 Å². The minimum Gasteiger partial charge on any atom is -0.375 e. The molecule has 0 amide bonds. The molecule has 1 fully saturated rings. The molecule has 0 aromatic rings. The predicted octanol–water partition coefficient (Wildman–Crippen LogP) is -0.0477. The number of carbonyl (C=O) groups is 1. The number of hydrogen-bond donors (Lipinski definition) is 1. The molecule has 1 heterocycles. The van der Waals surface area contributed by atoms with Crippen molar-refractivity contribution < 1.29 is 9.53 Å². The minimum atomic E-state index is -0.0807. The van der Waals surface area contributed by atoms with Gasteiger partial charge in [0.15, 0.2) is 0 Å². The molecule has 0 saturated carbocycles. The minimum absolute atomic E-state index is 0.0807. The van der Waals surface area contributed by atoms with Crippen molar-refractivity contribution in [3.8, 4) is 0 Å². The first kappa shape index (κ1) is 7.69. The summed E-state index contributed by atoms with van der Waals surface area (Å²) < 4.78 is 5.34. The van der Waals surface area contributed by atoms with Crippen LogP contribution in [0, 0.1) is 0 Å². The molecule has 3 nitrogen and oxygen atoms in total. The van der Waals surface area contributed by atoms with E-state index in [1.54, 1.807) is 0 Å². The zero-order chi connectivity index (χ0) is 7.40. The van der Waals surface area contributed by atoms with Gasteiger partial charge in [-0.2, -0.15) is 0 Å². The van der Waals surface area contributed by atoms with Crippen LogP contribution in [-0.4, -0.2) is 31.6 Å². The van der Waals surface area contributed by atoms with E-state index in [0.29, 0.717) is 12.7 Å². The van der Waals surface area contributed by atoms with E-state index in [4.69, 9.17) is 4.74 Å². The molecule has 0 aliphatic carbocycles. The van der Waals surface area contributed by atoms with Crippen LogP contribution in [0.1, 0.15) is 13.3 Å². The molecule has 0 bridgehead atoms. The third kappa shape index (κ3) is 1.78. The zero-order valence-electron chi connectivity index (χ0n) is 6.17. The number of carbonyl (C=O) groups excluding carboxylic acids is 1. The normalized spacial score (nSPS) is 33.7. The smallest absolute Gasteiger partial charge is 0.139 e. The van der Waals surface area contributed by atoms with Gasteiger partial charge >= 0.3 is 0 Å². The van der Waals surface area contributed by atoms with Crippen LogP contribution in [0.3, 0.4) is 0 Å². The molecule has 1 aliphatic heterocycles. The fourth-order valence-electron chi connectivity index (χ4n) is 0.990. The first-order valence-electron chi connectivity index (χ1n) is 3.67. The fourth-order valence-corrected chi connectivity index (χ4v) is 0.990. The van der Waals surface area contributed by atoms with Crippen LogP contribution >= 0.6 is 0 Å². The number of aldehydes is 1. The largest absolute Gasteiger partial charge is 0.375 e. The molecular formula is C7H13NO2. The van der Waals surface area contributed by atoms with Gasteiger partial charge in [-0.3, -0.25) is 0 Å². The van der Waals surface area contributed by atoms with Crippen LogP contribution in [0.5, 0.6) is 0 Å². The van der Waals surface area contributed by atoms with Crippen molar-refractivity contribution in [2.45, 2.75) is 25.5 Å². The van der Waals surface area contributed by atoms with Crippen molar-refractivity contribution in [1.29, 1.82) is 0 Å². The summed E-state index contributed by atoms with van der Waals surface area (Å²) in [6.07, 6.45) is 2.21. The van der Waals surface area contributed by atoms with Crippen molar-refractivity contribution >= 4 is 6.29 Å². The molecule has 0 radical (unpaired) electrons. The summed E-state index contributed by atoms with van der Waals surface area (Å²) in [6.45, 7) is 3.41. The van der Waals surface area contributed by atoms with Gasteiger partial charge in [-0.05, 0) is 6.42 Å². The van der Waals surface area contributed by atoms with Crippen LogP contribution in [0.15, 0.2) is 0 Å². The number of morpholine rings is 1. The van der Waals surface area contributed by atoms with Gasteiger partial charge in [0.2, 0.25) is 0 Å². The Morgan fingerprint density at radius 2 is 2.60 bits per heavy atom. The molecule has 10 heavy (non-hydrogen) atoms. The van der Waals surface area contributed by atoms with Gasteiger partial charge < -0.3 is 14.8 Å². The summed E-state index contributed by atoms with van der Waals surface area (Å²) in [4.78, 5) is 10.2. The monoisotopic (exact) mass is 143 g/mol. The average Bonchev–Trinajstić information content (AvgIpc) is 2.05. The molecule has 2 atom stereocenters. The van der Waals surface area contributed by atoms with Crippen LogP contribution in [0.4, 0.5) is 0 Å².